The van der Waals surface area contributed by atoms with Crippen LogP contribution < -0.4 is 14.9 Å². The molecule has 1 aromatic heterocycles. The summed E-state index contributed by atoms with van der Waals surface area (Å²) in [5.74, 6) is -0.0688. The summed E-state index contributed by atoms with van der Waals surface area (Å²) in [6.07, 6.45) is 3.07. The minimum absolute atomic E-state index is 0.148. The summed E-state index contributed by atoms with van der Waals surface area (Å²) in [5, 5.41) is 15.0. The van der Waals surface area contributed by atoms with E-state index in [0.717, 1.165) is 35.5 Å². The van der Waals surface area contributed by atoms with Crippen molar-refractivity contribution in [2.45, 2.75) is 37.8 Å². The molecule has 0 radical (unpaired) electrons. The molecule has 0 spiro atoms. The van der Waals surface area contributed by atoms with E-state index >= 15 is 0 Å². The first-order valence-corrected chi connectivity index (χ1v) is 15.2. The molecule has 3 atom stereocenters. The van der Waals surface area contributed by atoms with E-state index in [2.05, 4.69) is 33.0 Å². The van der Waals surface area contributed by atoms with Gasteiger partial charge in [0.05, 0.1) is 24.0 Å². The molecule has 2 N–H and O–H groups in total. The summed E-state index contributed by atoms with van der Waals surface area (Å²) >= 11 is 0. The Hall–Kier alpha value is -4.09. The lowest BCUT2D eigenvalue weighted by molar-refractivity contribution is 0.0940. The molecule has 41 heavy (non-hydrogen) atoms. The Kier molecular flexibility index (Phi) is 8.18. The van der Waals surface area contributed by atoms with Crippen molar-refractivity contribution in [3.63, 3.8) is 0 Å². The fourth-order valence-corrected chi connectivity index (χ4v) is 5.53. The van der Waals surface area contributed by atoms with E-state index in [4.69, 9.17) is 4.42 Å². The Morgan fingerprint density at radius 2 is 1.83 bits per heavy atom. The lowest BCUT2D eigenvalue weighted by Gasteiger charge is -2.30. The number of piperidine rings is 1. The number of rotatable bonds is 8. The molecule has 4 aromatic rings. The van der Waals surface area contributed by atoms with Gasteiger partial charge in [0.2, 0.25) is 21.8 Å². The Morgan fingerprint density at radius 1 is 1.10 bits per heavy atom. The first-order chi connectivity index (χ1) is 19.6. The number of nitrogens with zero attached hydrogens (tertiary/aromatic N) is 3. The molecule has 11 heteroatoms. The summed E-state index contributed by atoms with van der Waals surface area (Å²) < 4.78 is 45.3. The zero-order valence-electron chi connectivity index (χ0n) is 23.0. The predicted octanol–water partition coefficient (Wildman–Crippen LogP) is 4.97. The highest BCUT2D eigenvalue weighted by molar-refractivity contribution is 7.92. The topological polar surface area (TPSA) is 117 Å². The molecule has 3 aromatic carbocycles. The molecule has 0 saturated carbocycles. The van der Waals surface area contributed by atoms with Crippen molar-refractivity contribution in [2.75, 3.05) is 24.2 Å². The predicted molar refractivity (Wildman–Crippen MR) is 154 cm³/mol. The van der Waals surface area contributed by atoms with E-state index < -0.39 is 22.0 Å². The number of hydrogen-bond acceptors (Lipinski definition) is 7. The third-order valence-electron chi connectivity index (χ3n) is 7.40. The molecule has 1 aliphatic heterocycles. The molecule has 1 aliphatic rings. The molecule has 2 heterocycles. The maximum Gasteiger partial charge on any atom is 0.251 e. The zero-order valence-corrected chi connectivity index (χ0v) is 23.9. The number of carbonyl (C=O) groups excluding carboxylic acids is 1. The summed E-state index contributed by atoms with van der Waals surface area (Å²) in [6, 6.07) is 20.1. The maximum atomic E-state index is 13.4. The Bertz CT molecular complexity index is 1630. The van der Waals surface area contributed by atoms with Crippen molar-refractivity contribution >= 4 is 21.6 Å². The number of halogens is 1. The number of carbonyl (C=O) groups is 1. The molecule has 214 valence electrons. The maximum absolute atomic E-state index is 13.4. The molecule has 1 saturated heterocycles. The molecule has 5 rings (SSSR count). The highest BCUT2D eigenvalue weighted by Gasteiger charge is 2.32. The zero-order chi connectivity index (χ0) is 29.1. The smallest absolute Gasteiger partial charge is 0.251 e. The van der Waals surface area contributed by atoms with Gasteiger partial charge in [-0.2, -0.15) is 0 Å². The molecule has 3 unspecified atom stereocenters. The van der Waals surface area contributed by atoms with Crippen molar-refractivity contribution in [2.24, 2.45) is 0 Å². The minimum Gasteiger partial charge on any atom is -0.419 e. The molecule has 0 aliphatic carbocycles. The van der Waals surface area contributed by atoms with Crippen LogP contribution in [0.5, 0.6) is 0 Å². The van der Waals surface area contributed by atoms with Gasteiger partial charge in [-0.25, -0.2) is 12.8 Å². The summed E-state index contributed by atoms with van der Waals surface area (Å²) in [7, 11) is -2.22. The first-order valence-electron chi connectivity index (χ1n) is 13.4. The second-order valence-electron chi connectivity index (χ2n) is 10.3. The Labute approximate surface area is 238 Å². The van der Waals surface area contributed by atoms with Crippen molar-refractivity contribution < 1.29 is 22.0 Å². The summed E-state index contributed by atoms with van der Waals surface area (Å²) in [6.45, 7) is 2.60. The van der Waals surface area contributed by atoms with Gasteiger partial charge in [-0.3, -0.25) is 9.10 Å². The molecular formula is C30H32FN5O4S. The van der Waals surface area contributed by atoms with Gasteiger partial charge in [-0.1, -0.05) is 42.5 Å². The largest absolute Gasteiger partial charge is 0.419 e. The average molecular weight is 578 g/mol. The third kappa shape index (κ3) is 6.47. The van der Waals surface area contributed by atoms with Crippen molar-refractivity contribution in [3.8, 4) is 11.5 Å². The van der Waals surface area contributed by atoms with E-state index in [1.165, 1.54) is 30.8 Å². The second kappa shape index (κ2) is 11.8. The number of nitrogens with one attached hydrogen (secondary N) is 2. The fraction of sp³-hybridized carbons (Fsp3) is 0.300. The van der Waals surface area contributed by atoms with Gasteiger partial charge in [-0.15, -0.1) is 10.2 Å². The molecule has 1 fully saturated rings. The van der Waals surface area contributed by atoms with Crippen LogP contribution in [0.4, 0.5) is 10.1 Å². The van der Waals surface area contributed by atoms with Crippen LogP contribution >= 0.6 is 0 Å². The Morgan fingerprint density at radius 3 is 2.54 bits per heavy atom. The van der Waals surface area contributed by atoms with Gasteiger partial charge in [0.25, 0.3) is 5.91 Å². The van der Waals surface area contributed by atoms with Gasteiger partial charge in [-0.05, 0) is 67.8 Å². The van der Waals surface area contributed by atoms with E-state index in [1.807, 2.05) is 18.2 Å². The molecule has 1 amide bonds. The van der Waals surface area contributed by atoms with Gasteiger partial charge in [0.1, 0.15) is 5.82 Å². The summed E-state index contributed by atoms with van der Waals surface area (Å²) in [4.78, 5) is 13.3. The first kappa shape index (κ1) is 28.4. The number of benzene rings is 3. The fourth-order valence-electron chi connectivity index (χ4n) is 5.04. The number of sulfonamides is 1. The lowest BCUT2D eigenvalue weighted by Crippen LogP contribution is -2.33. The monoisotopic (exact) mass is 577 g/mol. The minimum atomic E-state index is -3.63. The highest BCUT2D eigenvalue weighted by Crippen LogP contribution is 2.38. The third-order valence-corrected chi connectivity index (χ3v) is 8.60. The molecule has 9 nitrogen and oxygen atoms in total. The average Bonchev–Trinajstić information content (AvgIpc) is 3.47. The van der Waals surface area contributed by atoms with E-state index in [-0.39, 0.29) is 34.9 Å². The van der Waals surface area contributed by atoms with Crippen LogP contribution in [0.2, 0.25) is 0 Å². The van der Waals surface area contributed by atoms with E-state index in [9.17, 15) is 17.6 Å². The van der Waals surface area contributed by atoms with Gasteiger partial charge in [0.15, 0.2) is 0 Å². The standard InChI is InChI=1S/C30H32FN5O4S/c1-19(20-11-13-24(31)14-12-20)33-28(37)22-16-23(18-25(17-22)36(2)41(3,38)39)29-34-35-30(40-29)27-26(10-7-15-32-27)21-8-5-4-6-9-21/h4-6,8-9,11-14,16-19,26-27,32H,7,10,15H2,1-3H3,(H,33,37). The van der Waals surface area contributed by atoms with Crippen LogP contribution in [0.25, 0.3) is 11.5 Å². The van der Waals surface area contributed by atoms with Gasteiger partial charge >= 0.3 is 0 Å². The second-order valence-corrected chi connectivity index (χ2v) is 12.3. The van der Waals surface area contributed by atoms with Crippen LogP contribution in [0.1, 0.15) is 65.1 Å². The normalized spacial score (nSPS) is 18.0. The van der Waals surface area contributed by atoms with Crippen molar-refractivity contribution in [1.29, 1.82) is 0 Å². The summed E-state index contributed by atoms with van der Waals surface area (Å²) in [5.41, 5.74) is 2.78. The van der Waals surface area contributed by atoms with Crippen LogP contribution in [0, 0.1) is 5.82 Å². The number of amides is 1. The SMILES string of the molecule is CC(NC(=O)c1cc(-c2nnc(C3NCCCC3c3ccccc3)o2)cc(N(C)S(C)(=O)=O)c1)c1ccc(F)cc1. The number of hydrogen-bond donors (Lipinski definition) is 2. The van der Waals surface area contributed by atoms with Crippen LogP contribution in [-0.2, 0) is 10.0 Å². The number of anilines is 1. The van der Waals surface area contributed by atoms with Crippen LogP contribution in [0.15, 0.2) is 77.2 Å². The van der Waals surface area contributed by atoms with Crippen molar-refractivity contribution in [3.05, 3.63) is 101 Å². The highest BCUT2D eigenvalue weighted by atomic mass is 32.2. The van der Waals surface area contributed by atoms with E-state index in [1.54, 1.807) is 31.2 Å². The number of aromatic nitrogens is 2. The van der Waals surface area contributed by atoms with Crippen LogP contribution in [-0.4, -0.2) is 44.4 Å². The quantitative estimate of drug-likeness (QED) is 0.304. The van der Waals surface area contributed by atoms with Crippen LogP contribution in [0.3, 0.4) is 0 Å². The van der Waals surface area contributed by atoms with Gasteiger partial charge < -0.3 is 15.1 Å². The van der Waals surface area contributed by atoms with Gasteiger partial charge in [0, 0.05) is 24.1 Å². The lowest BCUT2D eigenvalue weighted by atomic mass is 9.85. The van der Waals surface area contributed by atoms with Crippen molar-refractivity contribution in [1.82, 2.24) is 20.8 Å². The molecular weight excluding hydrogens is 545 g/mol. The molecule has 0 bridgehead atoms. The van der Waals surface area contributed by atoms with E-state index in [0.29, 0.717) is 11.5 Å². The Balaban J connectivity index is 1.47.